The van der Waals surface area contributed by atoms with Crippen LogP contribution in [0, 0.1) is 0 Å². The molecule has 3 aromatic carbocycles. The molecule has 0 radical (unpaired) electrons. The fraction of sp³-hybridized carbons (Fsp3) is 0.345. The van der Waals surface area contributed by atoms with Crippen LogP contribution in [0.3, 0.4) is 0 Å². The Morgan fingerprint density at radius 3 is 2.23 bits per heavy atom. The Kier molecular flexibility index (Phi) is 6.69. The highest BCUT2D eigenvalue weighted by atomic mass is 35.5. The summed E-state index contributed by atoms with van der Waals surface area (Å²) in [6, 6.07) is 19.3. The predicted octanol–water partition coefficient (Wildman–Crippen LogP) is 7.00. The number of carbonyl (C=O) groups is 1. The number of ether oxygens (including phenoxy) is 2. The van der Waals surface area contributed by atoms with Crippen LogP contribution in [0.4, 0.5) is 0 Å². The van der Waals surface area contributed by atoms with Crippen molar-refractivity contribution >= 4 is 29.1 Å². The van der Waals surface area contributed by atoms with E-state index in [1.807, 2.05) is 65.6 Å². The van der Waals surface area contributed by atoms with Gasteiger partial charge in [0.2, 0.25) is 5.91 Å². The lowest BCUT2D eigenvalue weighted by atomic mass is 9.76. The van der Waals surface area contributed by atoms with Crippen LogP contribution in [0.25, 0.3) is 0 Å². The molecule has 4 nitrogen and oxygen atoms in total. The third-order valence-corrected chi connectivity index (χ3v) is 8.19. The zero-order valence-corrected chi connectivity index (χ0v) is 21.5. The van der Waals surface area contributed by atoms with Crippen molar-refractivity contribution in [2.45, 2.75) is 43.6 Å². The standard InChI is InChI=1S/C29H29Cl2NO3/c1-34-25-17-19-13-16-32(27(23(19)18-26(25)35-2)22-7-3-4-8-24(22)31)28(33)29(14-5-6-15-29)20-9-11-21(30)12-10-20/h3-4,7-12,17-18,27H,5-6,13-16H2,1-2H3/t27-/m0/s1. The van der Waals surface area contributed by atoms with E-state index < -0.39 is 5.41 Å². The quantitative estimate of drug-likeness (QED) is 0.371. The number of nitrogens with zero attached hydrogens (tertiary/aromatic N) is 1. The summed E-state index contributed by atoms with van der Waals surface area (Å²) in [4.78, 5) is 16.6. The molecule has 182 valence electrons. The van der Waals surface area contributed by atoms with Gasteiger partial charge in [0, 0.05) is 16.6 Å². The molecule has 1 aliphatic carbocycles. The molecule has 6 heteroatoms. The first-order valence-electron chi connectivity index (χ1n) is 12.0. The van der Waals surface area contributed by atoms with Crippen molar-refractivity contribution in [1.29, 1.82) is 0 Å². The molecule has 1 fully saturated rings. The summed E-state index contributed by atoms with van der Waals surface area (Å²) in [5, 5.41) is 1.32. The van der Waals surface area contributed by atoms with Gasteiger partial charge in [-0.25, -0.2) is 0 Å². The monoisotopic (exact) mass is 509 g/mol. The molecule has 1 amide bonds. The average Bonchev–Trinajstić information content (AvgIpc) is 3.39. The second kappa shape index (κ2) is 9.75. The Morgan fingerprint density at radius 1 is 0.914 bits per heavy atom. The van der Waals surface area contributed by atoms with Crippen LogP contribution in [0.15, 0.2) is 60.7 Å². The first kappa shape index (κ1) is 24.0. The second-order valence-electron chi connectivity index (χ2n) is 9.37. The van der Waals surface area contributed by atoms with E-state index in [-0.39, 0.29) is 11.9 Å². The highest BCUT2D eigenvalue weighted by Crippen LogP contribution is 2.48. The average molecular weight is 510 g/mol. The molecule has 0 N–H and O–H groups in total. The topological polar surface area (TPSA) is 38.8 Å². The first-order chi connectivity index (χ1) is 17.0. The lowest BCUT2D eigenvalue weighted by molar-refractivity contribution is -0.139. The van der Waals surface area contributed by atoms with Gasteiger partial charge in [-0.1, -0.05) is 66.4 Å². The lowest BCUT2D eigenvalue weighted by Gasteiger charge is -2.43. The van der Waals surface area contributed by atoms with E-state index >= 15 is 0 Å². The van der Waals surface area contributed by atoms with E-state index in [1.54, 1.807) is 14.2 Å². The van der Waals surface area contributed by atoms with E-state index in [1.165, 1.54) is 0 Å². The van der Waals surface area contributed by atoms with Gasteiger partial charge < -0.3 is 14.4 Å². The fourth-order valence-corrected chi connectivity index (χ4v) is 6.21. The van der Waals surface area contributed by atoms with Crippen molar-refractivity contribution in [3.63, 3.8) is 0 Å². The minimum atomic E-state index is -0.557. The first-order valence-corrected chi connectivity index (χ1v) is 12.8. The maximum absolute atomic E-state index is 14.6. The zero-order valence-electron chi connectivity index (χ0n) is 20.0. The molecule has 1 heterocycles. The van der Waals surface area contributed by atoms with Gasteiger partial charge in [0.05, 0.1) is 25.7 Å². The number of rotatable bonds is 5. The van der Waals surface area contributed by atoms with Gasteiger partial charge in [0.25, 0.3) is 0 Å². The molecule has 2 aliphatic rings. The summed E-state index contributed by atoms with van der Waals surface area (Å²) >= 11 is 12.9. The summed E-state index contributed by atoms with van der Waals surface area (Å²) in [5.41, 5.74) is 3.57. The zero-order chi connectivity index (χ0) is 24.6. The molecular formula is C29H29Cl2NO3. The van der Waals surface area contributed by atoms with Gasteiger partial charge >= 0.3 is 0 Å². The van der Waals surface area contributed by atoms with Gasteiger partial charge in [-0.3, -0.25) is 4.79 Å². The van der Waals surface area contributed by atoms with Gasteiger partial charge in [-0.2, -0.15) is 0 Å². The van der Waals surface area contributed by atoms with Crippen molar-refractivity contribution in [1.82, 2.24) is 4.90 Å². The molecule has 0 bridgehead atoms. The Balaban J connectivity index is 1.66. The molecule has 0 aromatic heterocycles. The van der Waals surface area contributed by atoms with Crippen LogP contribution in [-0.4, -0.2) is 31.6 Å². The van der Waals surface area contributed by atoms with Gasteiger partial charge in [0.1, 0.15) is 0 Å². The van der Waals surface area contributed by atoms with Crippen LogP contribution < -0.4 is 9.47 Å². The molecule has 1 aliphatic heterocycles. The second-order valence-corrected chi connectivity index (χ2v) is 10.2. The van der Waals surface area contributed by atoms with E-state index in [0.717, 1.165) is 54.4 Å². The van der Waals surface area contributed by atoms with Crippen molar-refractivity contribution in [2.75, 3.05) is 20.8 Å². The van der Waals surface area contributed by atoms with E-state index in [9.17, 15) is 4.79 Å². The van der Waals surface area contributed by atoms with Crippen LogP contribution in [0.1, 0.15) is 54.0 Å². The number of carbonyl (C=O) groups excluding carboxylic acids is 1. The highest BCUT2D eigenvalue weighted by molar-refractivity contribution is 6.31. The largest absolute Gasteiger partial charge is 0.493 e. The number of benzene rings is 3. The molecule has 1 saturated carbocycles. The number of amides is 1. The third-order valence-electron chi connectivity index (χ3n) is 7.60. The summed E-state index contributed by atoms with van der Waals surface area (Å²) in [6.45, 7) is 0.604. The van der Waals surface area contributed by atoms with Crippen LogP contribution in [-0.2, 0) is 16.6 Å². The van der Waals surface area contributed by atoms with Crippen molar-refractivity contribution < 1.29 is 14.3 Å². The molecule has 0 spiro atoms. The minimum absolute atomic E-state index is 0.155. The Hall–Kier alpha value is -2.69. The van der Waals surface area contributed by atoms with Crippen molar-refractivity contribution in [2.24, 2.45) is 0 Å². The number of hydrogen-bond donors (Lipinski definition) is 0. The van der Waals surface area contributed by atoms with Gasteiger partial charge in [0.15, 0.2) is 11.5 Å². The summed E-state index contributed by atoms with van der Waals surface area (Å²) in [6.07, 6.45) is 4.45. The smallest absolute Gasteiger partial charge is 0.234 e. The lowest BCUT2D eigenvalue weighted by Crippen LogP contribution is -2.49. The predicted molar refractivity (Wildman–Crippen MR) is 140 cm³/mol. The number of hydrogen-bond acceptors (Lipinski definition) is 3. The van der Waals surface area contributed by atoms with Gasteiger partial charge in [-0.15, -0.1) is 0 Å². The highest BCUT2D eigenvalue weighted by Gasteiger charge is 2.48. The van der Waals surface area contributed by atoms with Crippen LogP contribution in [0.2, 0.25) is 10.0 Å². The summed E-state index contributed by atoms with van der Waals surface area (Å²) in [5.74, 6) is 1.49. The molecule has 0 unspecified atom stereocenters. The van der Waals surface area contributed by atoms with Crippen LogP contribution >= 0.6 is 23.2 Å². The normalized spacial score (nSPS) is 18.7. The molecule has 1 atom stereocenters. The Bertz CT molecular complexity index is 1240. The summed E-state index contributed by atoms with van der Waals surface area (Å²) in [7, 11) is 3.28. The van der Waals surface area contributed by atoms with E-state index in [0.29, 0.717) is 28.1 Å². The molecule has 3 aromatic rings. The number of methoxy groups -OCH3 is 2. The molecule has 0 saturated heterocycles. The Labute approximate surface area is 216 Å². The number of fused-ring (bicyclic) bond motifs is 1. The SMILES string of the molecule is COc1cc2c(cc1OC)[C@H](c1ccccc1Cl)N(C(=O)C1(c3ccc(Cl)cc3)CCCC1)CC2. The maximum Gasteiger partial charge on any atom is 0.234 e. The molecular weight excluding hydrogens is 481 g/mol. The van der Waals surface area contributed by atoms with E-state index in [2.05, 4.69) is 0 Å². The van der Waals surface area contributed by atoms with Gasteiger partial charge in [-0.05, 0) is 71.8 Å². The van der Waals surface area contributed by atoms with E-state index in [4.69, 9.17) is 32.7 Å². The third kappa shape index (κ3) is 4.17. The Morgan fingerprint density at radius 2 is 1.57 bits per heavy atom. The molecule has 35 heavy (non-hydrogen) atoms. The van der Waals surface area contributed by atoms with Crippen molar-refractivity contribution in [3.8, 4) is 11.5 Å². The van der Waals surface area contributed by atoms with Crippen LogP contribution in [0.5, 0.6) is 11.5 Å². The number of halogens is 2. The molecule has 5 rings (SSSR count). The summed E-state index contributed by atoms with van der Waals surface area (Å²) < 4.78 is 11.2. The fourth-order valence-electron chi connectivity index (χ4n) is 5.85. The maximum atomic E-state index is 14.6. The minimum Gasteiger partial charge on any atom is -0.493 e. The van der Waals surface area contributed by atoms with Crippen molar-refractivity contribution in [3.05, 3.63) is 93.0 Å².